The first-order valence-electron chi connectivity index (χ1n) is 5.76. The molecule has 0 aliphatic carbocycles. The van der Waals surface area contributed by atoms with Crippen molar-refractivity contribution in [2.24, 2.45) is 0 Å². The highest BCUT2D eigenvalue weighted by Gasteiger charge is 2.11. The van der Waals surface area contributed by atoms with Crippen molar-refractivity contribution in [2.75, 3.05) is 5.32 Å². The summed E-state index contributed by atoms with van der Waals surface area (Å²) in [7, 11) is 0. The topological polar surface area (TPSA) is 42.2 Å². The van der Waals surface area contributed by atoms with Crippen LogP contribution in [0.25, 0.3) is 0 Å². The zero-order valence-corrected chi connectivity index (χ0v) is 11.0. The predicted octanol–water partition coefficient (Wildman–Crippen LogP) is 4.06. The molecule has 0 fully saturated rings. The summed E-state index contributed by atoms with van der Waals surface area (Å²) >= 11 is 5.63. The van der Waals surface area contributed by atoms with E-state index in [1.54, 1.807) is 12.1 Å². The fourth-order valence-corrected chi connectivity index (χ4v) is 1.95. The van der Waals surface area contributed by atoms with Gasteiger partial charge in [0.2, 0.25) is 0 Å². The van der Waals surface area contributed by atoms with Gasteiger partial charge in [0.15, 0.2) is 11.0 Å². The monoisotopic (exact) mass is 263 g/mol. The number of carbonyl (C=O) groups excluding carboxylic acids is 1. The molecule has 0 aliphatic heterocycles. The van der Waals surface area contributed by atoms with E-state index in [1.165, 1.54) is 5.56 Å². The summed E-state index contributed by atoms with van der Waals surface area (Å²) in [6.45, 7) is 4.13. The summed E-state index contributed by atoms with van der Waals surface area (Å²) in [6, 6.07) is 8.93. The number of benzene rings is 1. The van der Waals surface area contributed by atoms with Gasteiger partial charge in [-0.25, -0.2) is 0 Å². The van der Waals surface area contributed by atoms with E-state index in [9.17, 15) is 4.79 Å². The molecular formula is C14H14ClNO2. The molecule has 1 aromatic carbocycles. The highest BCUT2D eigenvalue weighted by Crippen LogP contribution is 2.18. The third-order valence-corrected chi connectivity index (χ3v) is 2.98. The van der Waals surface area contributed by atoms with Gasteiger partial charge in [0.25, 0.3) is 5.91 Å². The smallest absolute Gasteiger partial charge is 0.291 e. The second-order valence-electron chi connectivity index (χ2n) is 4.05. The van der Waals surface area contributed by atoms with Gasteiger partial charge >= 0.3 is 0 Å². The summed E-state index contributed by atoms with van der Waals surface area (Å²) in [5.74, 6) is -0.0947. The first kappa shape index (κ1) is 12.7. The fourth-order valence-electron chi connectivity index (χ4n) is 1.80. The summed E-state index contributed by atoms with van der Waals surface area (Å²) in [6.07, 6.45) is 0.980. The minimum Gasteiger partial charge on any atom is -0.440 e. The van der Waals surface area contributed by atoms with Crippen LogP contribution >= 0.6 is 11.6 Å². The van der Waals surface area contributed by atoms with Crippen molar-refractivity contribution in [1.82, 2.24) is 0 Å². The van der Waals surface area contributed by atoms with Crippen molar-refractivity contribution in [3.05, 3.63) is 52.4 Å². The Labute approximate surface area is 111 Å². The van der Waals surface area contributed by atoms with E-state index in [4.69, 9.17) is 16.0 Å². The normalized spacial score (nSPS) is 10.4. The molecule has 0 atom stereocenters. The molecule has 18 heavy (non-hydrogen) atoms. The standard InChI is InChI=1S/C14H14ClNO2/c1-3-10-4-5-11(8-9(10)2)16-14(17)12-6-7-13(15)18-12/h4-8H,3H2,1-2H3,(H,16,17). The lowest BCUT2D eigenvalue weighted by Gasteiger charge is -2.07. The minimum atomic E-state index is -0.300. The molecule has 3 nitrogen and oxygen atoms in total. The van der Waals surface area contributed by atoms with E-state index in [0.717, 1.165) is 17.7 Å². The van der Waals surface area contributed by atoms with E-state index in [-0.39, 0.29) is 16.9 Å². The van der Waals surface area contributed by atoms with Crippen LogP contribution in [0, 0.1) is 6.92 Å². The van der Waals surface area contributed by atoms with E-state index < -0.39 is 0 Å². The molecule has 2 rings (SSSR count). The van der Waals surface area contributed by atoms with Gasteiger partial charge in [-0.2, -0.15) is 0 Å². The van der Waals surface area contributed by atoms with E-state index in [1.807, 2.05) is 25.1 Å². The van der Waals surface area contributed by atoms with Gasteiger partial charge in [0.05, 0.1) is 0 Å². The number of halogens is 1. The van der Waals surface area contributed by atoms with Crippen molar-refractivity contribution < 1.29 is 9.21 Å². The second kappa shape index (κ2) is 5.27. The Kier molecular flexibility index (Phi) is 3.72. The van der Waals surface area contributed by atoms with Crippen LogP contribution in [0.4, 0.5) is 5.69 Å². The van der Waals surface area contributed by atoms with Crippen molar-refractivity contribution in [1.29, 1.82) is 0 Å². The third kappa shape index (κ3) is 2.74. The zero-order valence-electron chi connectivity index (χ0n) is 10.3. The number of hydrogen-bond donors (Lipinski definition) is 1. The van der Waals surface area contributed by atoms with E-state index in [2.05, 4.69) is 12.2 Å². The summed E-state index contributed by atoms with van der Waals surface area (Å²) in [5, 5.41) is 2.98. The van der Waals surface area contributed by atoms with Crippen molar-refractivity contribution >= 4 is 23.2 Å². The molecule has 0 unspecified atom stereocenters. The molecule has 0 bridgehead atoms. The maximum Gasteiger partial charge on any atom is 0.291 e. The van der Waals surface area contributed by atoms with E-state index >= 15 is 0 Å². The quantitative estimate of drug-likeness (QED) is 0.907. The molecule has 4 heteroatoms. The number of amides is 1. The zero-order chi connectivity index (χ0) is 13.1. The van der Waals surface area contributed by atoms with Crippen molar-refractivity contribution in [2.45, 2.75) is 20.3 Å². The van der Waals surface area contributed by atoms with Gasteiger partial charge in [-0.05, 0) is 60.3 Å². The number of anilines is 1. The molecule has 1 amide bonds. The van der Waals surface area contributed by atoms with Gasteiger partial charge in [0.1, 0.15) is 0 Å². The fraction of sp³-hybridized carbons (Fsp3) is 0.214. The van der Waals surface area contributed by atoms with Crippen LogP contribution in [0.3, 0.4) is 0 Å². The van der Waals surface area contributed by atoms with Crippen LogP contribution in [0.2, 0.25) is 5.22 Å². The maximum absolute atomic E-state index is 11.8. The summed E-state index contributed by atoms with van der Waals surface area (Å²) in [4.78, 5) is 11.8. The Morgan fingerprint density at radius 3 is 2.67 bits per heavy atom. The van der Waals surface area contributed by atoms with Gasteiger partial charge in [-0.1, -0.05) is 13.0 Å². The highest BCUT2D eigenvalue weighted by molar-refractivity contribution is 6.29. The first-order valence-corrected chi connectivity index (χ1v) is 6.14. The lowest BCUT2D eigenvalue weighted by Crippen LogP contribution is -2.11. The van der Waals surface area contributed by atoms with Crippen LogP contribution in [-0.4, -0.2) is 5.91 Å². The third-order valence-electron chi connectivity index (χ3n) is 2.78. The number of furan rings is 1. The van der Waals surface area contributed by atoms with Crippen LogP contribution in [0.1, 0.15) is 28.6 Å². The molecule has 1 aromatic heterocycles. The van der Waals surface area contributed by atoms with Gasteiger partial charge in [-0.15, -0.1) is 0 Å². The Morgan fingerprint density at radius 2 is 2.11 bits per heavy atom. The molecule has 1 heterocycles. The molecule has 0 saturated carbocycles. The number of carbonyl (C=O) groups is 1. The average Bonchev–Trinajstić information content (AvgIpc) is 2.76. The molecule has 0 saturated heterocycles. The lowest BCUT2D eigenvalue weighted by atomic mass is 10.1. The Balaban J connectivity index is 2.14. The molecule has 2 aromatic rings. The predicted molar refractivity (Wildman–Crippen MR) is 72.2 cm³/mol. The molecule has 0 aliphatic rings. The second-order valence-corrected chi connectivity index (χ2v) is 4.43. The molecule has 94 valence electrons. The molecular weight excluding hydrogens is 250 g/mol. The number of aryl methyl sites for hydroxylation is 2. The minimum absolute atomic E-state index is 0.206. The molecule has 0 radical (unpaired) electrons. The Bertz CT molecular complexity index is 575. The van der Waals surface area contributed by atoms with Gasteiger partial charge in [0, 0.05) is 5.69 Å². The Morgan fingerprint density at radius 1 is 1.33 bits per heavy atom. The van der Waals surface area contributed by atoms with Crippen molar-refractivity contribution in [3.63, 3.8) is 0 Å². The number of hydrogen-bond acceptors (Lipinski definition) is 2. The van der Waals surface area contributed by atoms with Crippen molar-refractivity contribution in [3.8, 4) is 0 Å². The summed E-state index contributed by atoms with van der Waals surface area (Å²) < 4.78 is 5.05. The molecule has 0 spiro atoms. The largest absolute Gasteiger partial charge is 0.440 e. The van der Waals surface area contributed by atoms with Crippen LogP contribution in [0.5, 0.6) is 0 Å². The van der Waals surface area contributed by atoms with Crippen LogP contribution in [-0.2, 0) is 6.42 Å². The van der Waals surface area contributed by atoms with Gasteiger partial charge < -0.3 is 9.73 Å². The van der Waals surface area contributed by atoms with Gasteiger partial charge in [-0.3, -0.25) is 4.79 Å². The lowest BCUT2D eigenvalue weighted by molar-refractivity contribution is 0.0997. The first-order chi connectivity index (χ1) is 8.60. The molecule has 1 N–H and O–H groups in total. The average molecular weight is 264 g/mol. The van der Waals surface area contributed by atoms with E-state index in [0.29, 0.717) is 0 Å². The number of rotatable bonds is 3. The summed E-state index contributed by atoms with van der Waals surface area (Å²) in [5.41, 5.74) is 3.18. The van der Waals surface area contributed by atoms with Crippen LogP contribution < -0.4 is 5.32 Å². The number of nitrogens with one attached hydrogen (secondary N) is 1. The highest BCUT2D eigenvalue weighted by atomic mass is 35.5. The van der Waals surface area contributed by atoms with Crippen LogP contribution in [0.15, 0.2) is 34.7 Å². The SMILES string of the molecule is CCc1ccc(NC(=O)c2ccc(Cl)o2)cc1C. The maximum atomic E-state index is 11.8. The Hall–Kier alpha value is -1.74.